The van der Waals surface area contributed by atoms with Gasteiger partial charge in [-0.15, -0.1) is 0 Å². The average Bonchev–Trinajstić information content (AvgIpc) is 3.27. The summed E-state index contributed by atoms with van der Waals surface area (Å²) in [6.07, 6.45) is 5.65. The molecule has 0 bridgehead atoms. The molecule has 34 heavy (non-hydrogen) atoms. The van der Waals surface area contributed by atoms with E-state index in [2.05, 4.69) is 61.5 Å². The molecule has 3 aromatic carbocycles. The van der Waals surface area contributed by atoms with Gasteiger partial charge in [0.15, 0.2) is 0 Å². The van der Waals surface area contributed by atoms with Crippen LogP contribution in [-0.4, -0.2) is 26.3 Å². The van der Waals surface area contributed by atoms with E-state index in [9.17, 15) is 4.79 Å². The highest BCUT2D eigenvalue weighted by atomic mass is 16.5. The van der Waals surface area contributed by atoms with Crippen LogP contribution in [0.25, 0.3) is 11.6 Å². The van der Waals surface area contributed by atoms with E-state index in [0.717, 1.165) is 36.3 Å². The van der Waals surface area contributed by atoms with Gasteiger partial charge in [0.25, 0.3) is 0 Å². The van der Waals surface area contributed by atoms with Gasteiger partial charge in [0.05, 0.1) is 26.7 Å². The Morgan fingerprint density at radius 2 is 1.82 bits per heavy atom. The zero-order valence-electron chi connectivity index (χ0n) is 20.0. The summed E-state index contributed by atoms with van der Waals surface area (Å²) in [5.41, 5.74) is 6.21. The number of ether oxygens (including phenoxy) is 3. The van der Waals surface area contributed by atoms with Crippen LogP contribution in [0.3, 0.4) is 0 Å². The number of aryl methyl sites for hydroxylation is 1. The largest absolute Gasteiger partial charge is 0.493 e. The van der Waals surface area contributed by atoms with Gasteiger partial charge >= 0.3 is 5.97 Å². The zero-order chi connectivity index (χ0) is 23.8. The minimum atomic E-state index is -0.214. The van der Waals surface area contributed by atoms with Crippen LogP contribution in [0, 0.1) is 0 Å². The molecule has 176 valence electrons. The van der Waals surface area contributed by atoms with Crippen molar-refractivity contribution in [3.63, 3.8) is 0 Å². The maximum Gasteiger partial charge on any atom is 0.306 e. The summed E-state index contributed by atoms with van der Waals surface area (Å²) in [6.45, 7) is 3.33. The van der Waals surface area contributed by atoms with Crippen LogP contribution < -0.4 is 9.47 Å². The molecular formula is C30H32O4. The first kappa shape index (κ1) is 23.6. The number of benzene rings is 3. The molecule has 0 amide bonds. The molecule has 1 heterocycles. The second-order valence-corrected chi connectivity index (χ2v) is 8.69. The number of unbranched alkanes of at least 4 members (excludes halogenated alkanes) is 1. The Hall–Kier alpha value is -3.53. The summed E-state index contributed by atoms with van der Waals surface area (Å²) in [7, 11) is 1.41. The predicted molar refractivity (Wildman–Crippen MR) is 136 cm³/mol. The highest BCUT2D eigenvalue weighted by Crippen LogP contribution is 2.38. The standard InChI is InChI=1S/C30H32O4/c1-22(23-10-4-3-5-11-23)18-25-14-7-6-12-24(25)13-8-9-17-33-27-15-16-28-26(19-30(31)32-2)21-34-29(28)20-27/h3-7,10-12,14-16,18,20,26H,8-9,13,17,19,21H2,1-2H3/b22-18+. The van der Waals surface area contributed by atoms with E-state index >= 15 is 0 Å². The predicted octanol–water partition coefficient (Wildman–Crippen LogP) is 6.69. The maximum absolute atomic E-state index is 11.6. The van der Waals surface area contributed by atoms with Gasteiger partial charge in [-0.25, -0.2) is 0 Å². The van der Waals surface area contributed by atoms with Gasteiger partial charge in [0.1, 0.15) is 11.5 Å². The first-order valence-electron chi connectivity index (χ1n) is 11.9. The van der Waals surface area contributed by atoms with Gasteiger partial charge in [-0.2, -0.15) is 0 Å². The number of fused-ring (bicyclic) bond motifs is 1. The van der Waals surface area contributed by atoms with E-state index in [1.165, 1.54) is 29.4 Å². The minimum Gasteiger partial charge on any atom is -0.493 e. The van der Waals surface area contributed by atoms with Crippen molar-refractivity contribution in [1.82, 2.24) is 0 Å². The molecule has 4 nitrogen and oxygen atoms in total. The Bertz CT molecular complexity index is 1130. The number of allylic oxidation sites excluding steroid dienone is 1. The number of hydrogen-bond donors (Lipinski definition) is 0. The van der Waals surface area contributed by atoms with Gasteiger partial charge in [0, 0.05) is 17.5 Å². The van der Waals surface area contributed by atoms with Crippen LogP contribution in [0.4, 0.5) is 0 Å². The van der Waals surface area contributed by atoms with Crippen molar-refractivity contribution >= 4 is 17.6 Å². The quantitative estimate of drug-likeness (QED) is 0.194. The lowest BCUT2D eigenvalue weighted by atomic mass is 9.98. The molecule has 0 N–H and O–H groups in total. The molecule has 1 aliphatic heterocycles. The Morgan fingerprint density at radius 1 is 1.03 bits per heavy atom. The van der Waals surface area contributed by atoms with E-state index < -0.39 is 0 Å². The Morgan fingerprint density at radius 3 is 2.65 bits per heavy atom. The van der Waals surface area contributed by atoms with Gasteiger partial charge in [-0.3, -0.25) is 4.79 Å². The number of esters is 1. The third-order valence-electron chi connectivity index (χ3n) is 6.27. The van der Waals surface area contributed by atoms with Crippen LogP contribution in [0.1, 0.15) is 54.4 Å². The average molecular weight is 457 g/mol. The van der Waals surface area contributed by atoms with Crippen molar-refractivity contribution < 1.29 is 19.0 Å². The van der Waals surface area contributed by atoms with Crippen LogP contribution in [0.2, 0.25) is 0 Å². The monoisotopic (exact) mass is 456 g/mol. The van der Waals surface area contributed by atoms with Crippen LogP contribution in [0.15, 0.2) is 72.8 Å². The fraction of sp³-hybridized carbons (Fsp3) is 0.300. The van der Waals surface area contributed by atoms with Gasteiger partial charge in [0.2, 0.25) is 0 Å². The Kier molecular flexibility index (Phi) is 8.03. The summed E-state index contributed by atoms with van der Waals surface area (Å²) in [4.78, 5) is 11.6. The highest BCUT2D eigenvalue weighted by Gasteiger charge is 2.27. The smallest absolute Gasteiger partial charge is 0.306 e. The number of rotatable bonds is 10. The second-order valence-electron chi connectivity index (χ2n) is 8.69. The molecule has 4 rings (SSSR count). The number of carbonyl (C=O) groups is 1. The van der Waals surface area contributed by atoms with E-state index in [1.54, 1.807) is 0 Å². The van der Waals surface area contributed by atoms with Crippen molar-refractivity contribution in [2.75, 3.05) is 20.3 Å². The van der Waals surface area contributed by atoms with Gasteiger partial charge in [-0.1, -0.05) is 66.7 Å². The van der Waals surface area contributed by atoms with Crippen molar-refractivity contribution in [2.45, 2.75) is 38.5 Å². The maximum atomic E-state index is 11.6. The fourth-order valence-corrected chi connectivity index (χ4v) is 4.33. The number of carbonyl (C=O) groups excluding carboxylic acids is 1. The lowest BCUT2D eigenvalue weighted by Gasteiger charge is -2.10. The highest BCUT2D eigenvalue weighted by molar-refractivity contribution is 5.81. The Labute approximate surface area is 202 Å². The molecule has 0 radical (unpaired) electrons. The minimum absolute atomic E-state index is 0.0520. The van der Waals surface area contributed by atoms with E-state index in [1.807, 2.05) is 24.3 Å². The first-order valence-corrected chi connectivity index (χ1v) is 11.9. The molecule has 1 aliphatic rings. The van der Waals surface area contributed by atoms with Crippen LogP contribution >= 0.6 is 0 Å². The molecule has 0 aromatic heterocycles. The second kappa shape index (κ2) is 11.6. The molecular weight excluding hydrogens is 424 g/mol. The molecule has 4 heteroatoms. The van der Waals surface area contributed by atoms with Gasteiger partial charge in [-0.05, 0) is 54.5 Å². The third kappa shape index (κ3) is 6.07. The number of hydrogen-bond acceptors (Lipinski definition) is 4. The molecule has 1 atom stereocenters. The van der Waals surface area contributed by atoms with Crippen molar-refractivity contribution in [1.29, 1.82) is 0 Å². The summed E-state index contributed by atoms with van der Waals surface area (Å²) in [6, 6.07) is 25.0. The van der Waals surface area contributed by atoms with E-state index in [-0.39, 0.29) is 11.9 Å². The van der Waals surface area contributed by atoms with Crippen molar-refractivity contribution in [3.05, 3.63) is 95.1 Å². The molecule has 0 saturated carbocycles. The molecule has 1 unspecified atom stereocenters. The van der Waals surface area contributed by atoms with Crippen LogP contribution in [0.5, 0.6) is 11.5 Å². The topological polar surface area (TPSA) is 44.8 Å². The molecule has 0 saturated heterocycles. The fourth-order valence-electron chi connectivity index (χ4n) is 4.33. The lowest BCUT2D eigenvalue weighted by molar-refractivity contribution is -0.141. The van der Waals surface area contributed by atoms with E-state index in [0.29, 0.717) is 19.6 Å². The SMILES string of the molecule is COC(=O)CC1COc2cc(OCCCCc3ccccc3/C=C(\C)c3ccccc3)ccc21. The molecule has 0 aliphatic carbocycles. The summed E-state index contributed by atoms with van der Waals surface area (Å²) in [5.74, 6) is 1.45. The third-order valence-corrected chi connectivity index (χ3v) is 6.27. The number of methoxy groups -OCH3 is 1. The van der Waals surface area contributed by atoms with Gasteiger partial charge < -0.3 is 14.2 Å². The van der Waals surface area contributed by atoms with E-state index in [4.69, 9.17) is 14.2 Å². The summed E-state index contributed by atoms with van der Waals surface area (Å²) < 4.78 is 16.5. The molecule has 0 fully saturated rings. The summed E-state index contributed by atoms with van der Waals surface area (Å²) in [5, 5.41) is 0. The molecule has 3 aromatic rings. The van der Waals surface area contributed by atoms with Crippen molar-refractivity contribution in [2.24, 2.45) is 0 Å². The molecule has 0 spiro atoms. The van der Waals surface area contributed by atoms with Crippen molar-refractivity contribution in [3.8, 4) is 11.5 Å². The lowest BCUT2D eigenvalue weighted by Crippen LogP contribution is -2.09. The summed E-state index contributed by atoms with van der Waals surface area (Å²) >= 11 is 0. The zero-order valence-corrected chi connectivity index (χ0v) is 20.0. The first-order chi connectivity index (χ1) is 16.6. The Balaban J connectivity index is 1.27. The normalized spacial score (nSPS) is 14.9. The van der Waals surface area contributed by atoms with Crippen LogP contribution in [-0.2, 0) is 16.0 Å².